The summed E-state index contributed by atoms with van der Waals surface area (Å²) in [5.74, 6) is 2.38. The average Bonchev–Trinajstić information content (AvgIpc) is 3.28. The lowest BCUT2D eigenvalue weighted by atomic mass is 10.1. The van der Waals surface area contributed by atoms with E-state index in [2.05, 4.69) is 211 Å². The van der Waals surface area contributed by atoms with Crippen LogP contribution in [-0.2, 0) is 19.6 Å². The van der Waals surface area contributed by atoms with E-state index in [1.54, 1.807) is 0 Å². The maximum atomic E-state index is 3.25. The number of nitrogens with zero attached hydrogens (tertiary/aromatic N) is 3. The fourth-order valence-corrected chi connectivity index (χ4v) is 8.83. The zero-order valence-corrected chi connectivity index (χ0v) is 36.5. The van der Waals surface area contributed by atoms with E-state index in [4.69, 9.17) is 0 Å². The highest BCUT2D eigenvalue weighted by molar-refractivity contribution is 8.76. The van der Waals surface area contributed by atoms with Crippen molar-refractivity contribution in [3.63, 3.8) is 0 Å². The van der Waals surface area contributed by atoms with Gasteiger partial charge >= 0.3 is 0 Å². The monoisotopic (exact) mass is 807 g/mol. The molecule has 1 heterocycles. The van der Waals surface area contributed by atoms with Crippen molar-refractivity contribution < 1.29 is 4.57 Å². The van der Waals surface area contributed by atoms with Crippen molar-refractivity contribution >= 4 is 51.2 Å². The molecule has 58 heavy (non-hydrogen) atoms. The van der Waals surface area contributed by atoms with Crippen LogP contribution in [0.4, 0.5) is 11.4 Å². The predicted molar refractivity (Wildman–Crippen MR) is 258 cm³/mol. The number of aromatic nitrogens is 1. The predicted octanol–water partition coefficient (Wildman–Crippen LogP) is 12.9. The van der Waals surface area contributed by atoms with Gasteiger partial charge in [-0.15, -0.1) is 0 Å². The van der Waals surface area contributed by atoms with E-state index in [1.807, 2.05) is 27.8 Å². The largest absolute Gasteiger partial charge is 0.391 e. The van der Waals surface area contributed by atoms with Crippen LogP contribution in [0.5, 0.6) is 0 Å². The number of hydrogen-bond acceptors (Lipinski definition) is 5. The highest BCUT2D eigenvalue weighted by Gasteiger charge is 2.10. The maximum Gasteiger partial charge on any atom is 0.169 e. The minimum atomic E-state index is 0.922. The first-order valence-electron chi connectivity index (χ1n) is 21.1. The van der Waals surface area contributed by atoms with Gasteiger partial charge in [-0.05, 0) is 116 Å². The molecule has 0 aliphatic heterocycles. The topological polar surface area (TPSA) is 22.4 Å². The van der Waals surface area contributed by atoms with Crippen molar-refractivity contribution in [1.82, 2.24) is 5.32 Å². The second-order valence-corrected chi connectivity index (χ2v) is 17.1. The van der Waals surface area contributed by atoms with Crippen molar-refractivity contribution in [1.29, 1.82) is 0 Å². The Labute approximate surface area is 357 Å². The van der Waals surface area contributed by atoms with Crippen molar-refractivity contribution in [3.05, 3.63) is 192 Å². The van der Waals surface area contributed by atoms with Crippen LogP contribution in [0.3, 0.4) is 0 Å². The summed E-state index contributed by atoms with van der Waals surface area (Å²) in [6, 6.07) is 44.1. The van der Waals surface area contributed by atoms with Crippen LogP contribution in [0.25, 0.3) is 18.2 Å². The average molecular weight is 808 g/mol. The summed E-state index contributed by atoms with van der Waals surface area (Å²) in [6.45, 7) is 12.2. The Bertz CT molecular complexity index is 1970. The zero-order valence-electron chi connectivity index (χ0n) is 34.9. The second-order valence-electron chi connectivity index (χ2n) is 14.4. The number of rotatable bonds is 25. The highest BCUT2D eigenvalue weighted by Crippen LogP contribution is 2.26. The fourth-order valence-electron chi connectivity index (χ4n) is 6.54. The van der Waals surface area contributed by atoms with Gasteiger partial charge in [0.05, 0.1) is 0 Å². The Kier molecular flexibility index (Phi) is 19.9. The number of hydrogen-bond donors (Lipinski definition) is 1. The van der Waals surface area contributed by atoms with Crippen LogP contribution in [0.2, 0.25) is 0 Å². The van der Waals surface area contributed by atoms with E-state index < -0.39 is 0 Å². The van der Waals surface area contributed by atoms with Crippen LogP contribution in [-0.4, -0.2) is 31.1 Å². The number of anilines is 2. The third-order valence-corrected chi connectivity index (χ3v) is 12.6. The zero-order chi connectivity index (χ0) is 40.5. The molecule has 4 nitrogen and oxygen atoms in total. The number of unbranched alkanes of at least 4 members (excludes halogenated alkanes) is 2. The number of benzene rings is 4. The van der Waals surface area contributed by atoms with E-state index in [-0.39, 0.29) is 0 Å². The molecule has 0 saturated heterocycles. The van der Waals surface area contributed by atoms with Gasteiger partial charge in [-0.2, -0.15) is 0 Å². The molecule has 0 spiro atoms. The molecule has 6 heteroatoms. The van der Waals surface area contributed by atoms with Gasteiger partial charge < -0.3 is 15.1 Å². The molecule has 0 bridgehead atoms. The maximum absolute atomic E-state index is 3.25. The van der Waals surface area contributed by atoms with Gasteiger partial charge in [0.25, 0.3) is 0 Å². The number of allylic oxidation sites excluding steroid dienone is 4. The molecule has 1 N–H and O–H groups in total. The van der Waals surface area contributed by atoms with Crippen molar-refractivity contribution in [2.75, 3.05) is 40.9 Å². The molecule has 0 saturated carbocycles. The molecule has 302 valence electrons. The van der Waals surface area contributed by atoms with Crippen LogP contribution in [0.1, 0.15) is 74.3 Å². The van der Waals surface area contributed by atoms with Gasteiger partial charge in [-0.1, -0.05) is 137 Å². The summed E-state index contributed by atoms with van der Waals surface area (Å²) in [6.07, 6.45) is 24.1. The standard InChI is InChI=1S/C52H63N4S2/c1-4-45(33-36-53-5-2)21-22-46-25-29-51(30-26-46)55(43-49-17-9-7-10-18-49)37-13-15-41-57-58-42-16-14-38-56(44-50-19-11-8-12-20-50)52-31-27-47(28-32-52)23-24-48-34-39-54(6-3)40-35-48/h4,7-12,17-36,39-40,53H,5-6,13-16,37-38,41-44H2,1-3H3/q+1/b22-21+,36-33-,45-4-. The number of nitrogens with one attached hydrogen (secondary N) is 1. The van der Waals surface area contributed by atoms with E-state index in [0.717, 1.165) is 39.3 Å². The third-order valence-electron chi connectivity index (χ3n) is 9.99. The first kappa shape index (κ1) is 44.2. The Morgan fingerprint density at radius 3 is 1.52 bits per heavy atom. The smallest absolute Gasteiger partial charge is 0.169 e. The first-order valence-corrected chi connectivity index (χ1v) is 23.6. The van der Waals surface area contributed by atoms with Gasteiger partial charge in [-0.25, -0.2) is 4.57 Å². The molecule has 5 rings (SSSR count). The van der Waals surface area contributed by atoms with Gasteiger partial charge in [0, 0.05) is 67.7 Å². The molecular weight excluding hydrogens is 745 g/mol. The fraction of sp³-hybridized carbons (Fsp3) is 0.288. The molecule has 4 aromatic carbocycles. The first-order chi connectivity index (χ1) is 28.6. The molecule has 0 aliphatic rings. The normalized spacial score (nSPS) is 11.9. The van der Waals surface area contributed by atoms with Gasteiger partial charge in [0.15, 0.2) is 12.4 Å². The lowest BCUT2D eigenvalue weighted by molar-refractivity contribution is -0.693. The summed E-state index contributed by atoms with van der Waals surface area (Å²) >= 11 is 0. The van der Waals surface area contributed by atoms with Crippen molar-refractivity contribution in [2.24, 2.45) is 0 Å². The van der Waals surface area contributed by atoms with Crippen LogP contribution in [0, 0.1) is 0 Å². The van der Waals surface area contributed by atoms with Crippen molar-refractivity contribution in [3.8, 4) is 0 Å². The van der Waals surface area contributed by atoms with Crippen LogP contribution < -0.4 is 19.7 Å². The molecule has 5 aromatic rings. The summed E-state index contributed by atoms with van der Waals surface area (Å²) in [5, 5.41) is 3.25. The van der Waals surface area contributed by atoms with Crippen LogP contribution >= 0.6 is 21.6 Å². The molecule has 0 amide bonds. The van der Waals surface area contributed by atoms with Crippen LogP contribution in [0.15, 0.2) is 164 Å². The number of aryl methyl sites for hydroxylation is 1. The Morgan fingerprint density at radius 1 is 0.569 bits per heavy atom. The van der Waals surface area contributed by atoms with E-state index in [0.29, 0.717) is 0 Å². The van der Waals surface area contributed by atoms with E-state index in [9.17, 15) is 0 Å². The Balaban J connectivity index is 1.04. The van der Waals surface area contributed by atoms with Gasteiger partial charge in [0.1, 0.15) is 6.54 Å². The Hall–Kier alpha value is -4.91. The minimum Gasteiger partial charge on any atom is -0.391 e. The summed E-state index contributed by atoms with van der Waals surface area (Å²) in [4.78, 5) is 5.08. The summed E-state index contributed by atoms with van der Waals surface area (Å²) < 4.78 is 2.18. The Morgan fingerprint density at radius 2 is 1.05 bits per heavy atom. The van der Waals surface area contributed by atoms with Gasteiger partial charge in [-0.3, -0.25) is 0 Å². The summed E-state index contributed by atoms with van der Waals surface area (Å²) in [5.41, 5.74) is 10.1. The molecule has 1 aromatic heterocycles. The third kappa shape index (κ3) is 16.2. The highest BCUT2D eigenvalue weighted by atomic mass is 33.1. The molecule has 0 atom stereocenters. The molecular formula is C52H63N4S2+. The lowest BCUT2D eigenvalue weighted by Crippen LogP contribution is -2.30. The van der Waals surface area contributed by atoms with E-state index in [1.165, 1.54) is 82.0 Å². The molecule has 0 aliphatic carbocycles. The quantitative estimate of drug-likeness (QED) is 0.0274. The van der Waals surface area contributed by atoms with Crippen molar-refractivity contribution in [2.45, 2.75) is 66.1 Å². The molecule has 0 unspecified atom stereocenters. The van der Waals surface area contributed by atoms with E-state index >= 15 is 0 Å². The summed E-state index contributed by atoms with van der Waals surface area (Å²) in [7, 11) is 4.09. The lowest BCUT2D eigenvalue weighted by Gasteiger charge is -2.25. The molecule has 0 fully saturated rings. The minimum absolute atomic E-state index is 0.922. The number of pyridine rings is 1. The SMILES string of the molecule is C/C=C(\C=C/NCC)/C=C/c1ccc(N(CCCCSSCCCCN(Cc2ccccc2)c2ccc(/C=C/c3cc[n+](CC)cc3)cc2)Cc2ccccc2)cc1. The van der Waals surface area contributed by atoms with Gasteiger partial charge in [0.2, 0.25) is 0 Å². The second kappa shape index (κ2) is 26.2. The molecule has 0 radical (unpaired) electrons.